The summed E-state index contributed by atoms with van der Waals surface area (Å²) in [5.41, 5.74) is 8.15. The van der Waals surface area contributed by atoms with Crippen molar-refractivity contribution in [2.45, 2.75) is 24.8 Å². The van der Waals surface area contributed by atoms with Crippen LogP contribution in [0, 0.1) is 12.7 Å². The van der Waals surface area contributed by atoms with Crippen molar-refractivity contribution in [2.75, 3.05) is 15.8 Å². The van der Waals surface area contributed by atoms with Crippen molar-refractivity contribution >= 4 is 32.9 Å². The topological polar surface area (TPSA) is 170 Å². The molecule has 0 fully saturated rings. The highest BCUT2D eigenvalue weighted by molar-refractivity contribution is 7.92. The first kappa shape index (κ1) is 29.3. The van der Waals surface area contributed by atoms with Crippen LogP contribution in [0.3, 0.4) is 0 Å². The van der Waals surface area contributed by atoms with Crippen molar-refractivity contribution in [2.24, 2.45) is 0 Å². The molecule has 0 spiro atoms. The number of anilines is 3. The number of phenolic OH excluding ortho intramolecular Hbond substituents is 1. The van der Waals surface area contributed by atoms with E-state index in [0.29, 0.717) is 17.0 Å². The van der Waals surface area contributed by atoms with E-state index < -0.39 is 21.9 Å². The molecule has 0 aliphatic carbocycles. The SMILES string of the molecule is Cc1ccn2nc([C@H](C)Nc3ncnc(N)c3-c3cc(F)cc(NS(=O)(=O)c4ccc(O)cc4)c3)n(-c3ccccc3)c(=O)c12. The van der Waals surface area contributed by atoms with E-state index in [-0.39, 0.29) is 44.7 Å². The Morgan fingerprint density at radius 1 is 1.00 bits per heavy atom. The third-order valence-electron chi connectivity index (χ3n) is 7.13. The maximum atomic E-state index is 14.9. The second-order valence-electron chi connectivity index (χ2n) is 10.3. The maximum Gasteiger partial charge on any atom is 0.282 e. The molecule has 0 unspecified atom stereocenters. The Labute approximate surface area is 256 Å². The maximum absolute atomic E-state index is 14.9. The van der Waals surface area contributed by atoms with Crippen molar-refractivity contribution in [1.29, 1.82) is 0 Å². The summed E-state index contributed by atoms with van der Waals surface area (Å²) in [7, 11) is -4.12. The number of nitrogens with one attached hydrogen (secondary N) is 2. The molecule has 3 aromatic carbocycles. The molecule has 0 saturated heterocycles. The van der Waals surface area contributed by atoms with E-state index in [2.05, 4.69) is 20.0 Å². The summed E-state index contributed by atoms with van der Waals surface area (Å²) in [6, 6.07) is 18.8. The molecule has 0 saturated carbocycles. The number of aryl methyl sites for hydroxylation is 1. The number of nitrogen functional groups attached to an aromatic ring is 1. The Balaban J connectivity index is 1.41. The Morgan fingerprint density at radius 2 is 1.73 bits per heavy atom. The molecule has 0 aliphatic heterocycles. The summed E-state index contributed by atoms with van der Waals surface area (Å²) in [5, 5.41) is 17.5. The number of fused-ring (bicyclic) bond motifs is 1. The Morgan fingerprint density at radius 3 is 2.47 bits per heavy atom. The molecular weight excluding hydrogens is 599 g/mol. The quantitative estimate of drug-likeness (QED) is 0.188. The molecule has 0 aliphatic rings. The number of hydrogen-bond acceptors (Lipinski definition) is 9. The fourth-order valence-electron chi connectivity index (χ4n) is 5.03. The number of rotatable bonds is 8. The molecule has 6 rings (SSSR count). The van der Waals surface area contributed by atoms with Crippen LogP contribution < -0.4 is 21.3 Å². The third-order valence-corrected chi connectivity index (χ3v) is 8.53. The summed E-state index contributed by atoms with van der Waals surface area (Å²) in [6.07, 6.45) is 2.94. The summed E-state index contributed by atoms with van der Waals surface area (Å²) < 4.78 is 46.3. The average Bonchev–Trinajstić information content (AvgIpc) is 3.38. The Bertz CT molecular complexity index is 2220. The minimum absolute atomic E-state index is 0.00235. The largest absolute Gasteiger partial charge is 0.508 e. The number of sulfonamides is 1. The van der Waals surface area contributed by atoms with E-state index >= 15 is 0 Å². The van der Waals surface area contributed by atoms with Gasteiger partial charge in [0.1, 0.15) is 35.0 Å². The van der Waals surface area contributed by atoms with E-state index in [1.165, 1.54) is 51.8 Å². The molecule has 0 radical (unpaired) electrons. The second-order valence-corrected chi connectivity index (χ2v) is 12.0. The molecule has 14 heteroatoms. The van der Waals surface area contributed by atoms with Crippen molar-refractivity contribution in [3.05, 3.63) is 119 Å². The van der Waals surface area contributed by atoms with Crippen LogP contribution in [0.2, 0.25) is 0 Å². The lowest BCUT2D eigenvalue weighted by molar-refractivity contribution is 0.475. The Kier molecular flexibility index (Phi) is 7.42. The van der Waals surface area contributed by atoms with Crippen molar-refractivity contribution in [1.82, 2.24) is 24.1 Å². The molecule has 12 nitrogen and oxygen atoms in total. The van der Waals surface area contributed by atoms with Crippen LogP contribution >= 0.6 is 0 Å². The van der Waals surface area contributed by atoms with E-state index in [9.17, 15) is 22.7 Å². The summed E-state index contributed by atoms with van der Waals surface area (Å²) in [6.45, 7) is 3.62. The fraction of sp³-hybridized carbons (Fsp3) is 0.0968. The van der Waals surface area contributed by atoms with Gasteiger partial charge in [0, 0.05) is 6.20 Å². The van der Waals surface area contributed by atoms with Crippen LogP contribution in [-0.4, -0.2) is 37.7 Å². The number of hydrogen-bond donors (Lipinski definition) is 4. The number of aromatic hydroxyl groups is 1. The Hall–Kier alpha value is -5.76. The van der Waals surface area contributed by atoms with E-state index in [4.69, 9.17) is 10.8 Å². The highest BCUT2D eigenvalue weighted by Gasteiger charge is 2.23. The van der Waals surface area contributed by atoms with Gasteiger partial charge in [0.25, 0.3) is 15.6 Å². The highest BCUT2D eigenvalue weighted by Crippen LogP contribution is 2.35. The monoisotopic (exact) mass is 626 g/mol. The minimum Gasteiger partial charge on any atom is -0.508 e. The van der Waals surface area contributed by atoms with Gasteiger partial charge in [0.2, 0.25) is 0 Å². The van der Waals surface area contributed by atoms with Gasteiger partial charge in [-0.3, -0.25) is 14.1 Å². The van der Waals surface area contributed by atoms with Gasteiger partial charge >= 0.3 is 0 Å². The molecule has 3 aromatic heterocycles. The zero-order chi connectivity index (χ0) is 31.9. The van der Waals surface area contributed by atoms with Crippen molar-refractivity contribution in [3.8, 4) is 22.6 Å². The zero-order valence-electron chi connectivity index (χ0n) is 24.0. The first-order valence-corrected chi connectivity index (χ1v) is 15.2. The number of nitrogens with zero attached hydrogens (tertiary/aromatic N) is 5. The van der Waals surface area contributed by atoms with E-state index in [1.54, 1.807) is 25.3 Å². The molecule has 0 bridgehead atoms. The van der Waals surface area contributed by atoms with E-state index in [1.807, 2.05) is 31.2 Å². The van der Waals surface area contributed by atoms with Gasteiger partial charge in [0.15, 0.2) is 5.82 Å². The molecule has 6 aromatic rings. The van der Waals surface area contributed by atoms with Crippen molar-refractivity contribution in [3.63, 3.8) is 0 Å². The zero-order valence-corrected chi connectivity index (χ0v) is 24.8. The van der Waals surface area contributed by atoms with Gasteiger partial charge in [0.05, 0.1) is 27.9 Å². The molecule has 1 atom stereocenters. The van der Waals surface area contributed by atoms with Gasteiger partial charge in [-0.05, 0) is 85.6 Å². The molecule has 45 heavy (non-hydrogen) atoms. The van der Waals surface area contributed by atoms with Crippen LogP contribution in [0.5, 0.6) is 5.75 Å². The van der Waals surface area contributed by atoms with Gasteiger partial charge < -0.3 is 16.2 Å². The fourth-order valence-corrected chi connectivity index (χ4v) is 6.07. The lowest BCUT2D eigenvalue weighted by Gasteiger charge is -2.21. The lowest BCUT2D eigenvalue weighted by atomic mass is 10.1. The van der Waals surface area contributed by atoms with Crippen molar-refractivity contribution < 1.29 is 17.9 Å². The summed E-state index contributed by atoms with van der Waals surface area (Å²) >= 11 is 0. The minimum atomic E-state index is -4.12. The number of benzene rings is 3. The third kappa shape index (κ3) is 5.65. The second kappa shape index (κ2) is 11.4. The molecule has 5 N–H and O–H groups in total. The predicted octanol–water partition coefficient (Wildman–Crippen LogP) is 4.65. The van der Waals surface area contributed by atoms with E-state index in [0.717, 1.165) is 11.6 Å². The molecule has 3 heterocycles. The summed E-state index contributed by atoms with van der Waals surface area (Å²) in [4.78, 5) is 22.1. The number of phenols is 1. The van der Waals surface area contributed by atoms with Crippen LogP contribution in [-0.2, 0) is 10.0 Å². The van der Waals surface area contributed by atoms with Gasteiger partial charge in [-0.15, -0.1) is 0 Å². The number of halogens is 1. The molecule has 228 valence electrons. The normalized spacial score (nSPS) is 12.2. The van der Waals surface area contributed by atoms with Gasteiger partial charge in [-0.25, -0.2) is 27.3 Å². The number of nitrogens with two attached hydrogens (primary N) is 1. The van der Waals surface area contributed by atoms with Crippen LogP contribution in [0.25, 0.3) is 22.3 Å². The van der Waals surface area contributed by atoms with Crippen LogP contribution in [0.1, 0.15) is 24.4 Å². The number of aromatic nitrogens is 5. The average molecular weight is 627 g/mol. The van der Waals surface area contributed by atoms with Crippen LogP contribution in [0.15, 0.2) is 101 Å². The first-order valence-electron chi connectivity index (χ1n) is 13.7. The predicted molar refractivity (Wildman–Crippen MR) is 168 cm³/mol. The first-order chi connectivity index (χ1) is 21.5. The van der Waals surface area contributed by atoms with Gasteiger partial charge in [-0.1, -0.05) is 18.2 Å². The smallest absolute Gasteiger partial charge is 0.282 e. The molecule has 0 amide bonds. The highest BCUT2D eigenvalue weighted by atomic mass is 32.2. The number of para-hydroxylation sites is 1. The summed E-state index contributed by atoms with van der Waals surface area (Å²) in [5.74, 6) is -0.284. The standard InChI is InChI=1S/C31H27FN8O4S/c1-18-12-13-39-27(18)31(42)40(23-6-4-3-5-7-23)30(37-39)19(2)36-29-26(28(33)34-17-35-29)20-14-21(32)16-22(15-20)38-45(43,44)25-10-8-24(41)9-11-25/h3-17,19,38,41H,1-2H3,(H3,33,34,35,36)/t19-/m0/s1. The van der Waals surface area contributed by atoms with Crippen LogP contribution in [0.4, 0.5) is 21.7 Å². The lowest BCUT2D eigenvalue weighted by Crippen LogP contribution is -2.29. The molecular formula is C31H27FN8O4S. The van der Waals surface area contributed by atoms with Gasteiger partial charge in [-0.2, -0.15) is 5.10 Å².